The third-order valence-corrected chi connectivity index (χ3v) is 3.90. The van der Waals surface area contributed by atoms with Crippen LogP contribution in [-0.2, 0) is 9.53 Å². The molecule has 8 nitrogen and oxygen atoms in total. The predicted octanol–water partition coefficient (Wildman–Crippen LogP) is 1.96. The highest BCUT2D eigenvalue weighted by Crippen LogP contribution is 2.24. The van der Waals surface area contributed by atoms with Crippen LogP contribution < -0.4 is 4.74 Å². The van der Waals surface area contributed by atoms with Crippen molar-refractivity contribution in [3.05, 3.63) is 36.3 Å². The number of carbonyl (C=O) groups excluding carboxylic acids is 1. The van der Waals surface area contributed by atoms with Gasteiger partial charge in [-0.05, 0) is 19.1 Å². The van der Waals surface area contributed by atoms with Crippen LogP contribution in [0.3, 0.4) is 0 Å². The number of hydrogen-bond donors (Lipinski definition) is 0. The van der Waals surface area contributed by atoms with E-state index in [1.165, 1.54) is 0 Å². The van der Waals surface area contributed by atoms with Crippen molar-refractivity contribution in [2.75, 3.05) is 19.7 Å². The monoisotopic (exact) mass is 346 g/mol. The molecule has 0 aromatic carbocycles. The van der Waals surface area contributed by atoms with Crippen molar-refractivity contribution in [3.63, 3.8) is 0 Å². The van der Waals surface area contributed by atoms with Crippen molar-refractivity contribution < 1.29 is 18.7 Å². The lowest BCUT2D eigenvalue weighted by Crippen LogP contribution is -2.47. The number of ether oxygens (including phenoxy) is 2. The molecule has 1 fully saturated rings. The molecule has 0 saturated carbocycles. The second kappa shape index (κ2) is 7.60. The summed E-state index contributed by atoms with van der Waals surface area (Å²) in [5, 5.41) is 8.07. The van der Waals surface area contributed by atoms with Gasteiger partial charge in [0.2, 0.25) is 11.8 Å². The number of rotatable bonds is 5. The van der Waals surface area contributed by atoms with E-state index in [2.05, 4.69) is 15.2 Å². The van der Waals surface area contributed by atoms with Crippen molar-refractivity contribution >= 4 is 5.91 Å². The van der Waals surface area contributed by atoms with Crippen LogP contribution in [-0.4, -0.2) is 51.8 Å². The Labute approximate surface area is 146 Å². The Balaban J connectivity index is 1.62. The zero-order chi connectivity index (χ0) is 17.8. The van der Waals surface area contributed by atoms with Crippen LogP contribution in [0.4, 0.5) is 0 Å². The molecule has 2 atom stereocenters. The number of hydrogen-bond acceptors (Lipinski definition) is 7. The normalized spacial score (nSPS) is 19.0. The first-order valence-electron chi connectivity index (χ1n) is 8.35. The molecular formula is C17H22N4O4. The molecule has 1 amide bonds. The van der Waals surface area contributed by atoms with E-state index in [-0.39, 0.29) is 11.8 Å². The summed E-state index contributed by atoms with van der Waals surface area (Å²) >= 11 is 0. The molecule has 2 unspecified atom stereocenters. The summed E-state index contributed by atoms with van der Waals surface area (Å²) < 4.78 is 17.0. The molecule has 0 radical (unpaired) electrons. The molecule has 0 aliphatic carbocycles. The van der Waals surface area contributed by atoms with Crippen LogP contribution in [0.2, 0.25) is 0 Å². The summed E-state index contributed by atoms with van der Waals surface area (Å²) in [6, 6.07) is 3.53. The van der Waals surface area contributed by atoms with Crippen molar-refractivity contribution in [1.82, 2.24) is 20.1 Å². The standard InChI is InChI=1S/C17H22N4O4/c1-11(2)15-19-20-16(25-15)14-10-21(7-8-23-14)17(22)12(3)24-13-5-4-6-18-9-13/h4-6,9,11-12,14H,7-8,10H2,1-3H3. The van der Waals surface area contributed by atoms with E-state index in [4.69, 9.17) is 13.9 Å². The fraction of sp³-hybridized carbons (Fsp3) is 0.529. The van der Waals surface area contributed by atoms with Gasteiger partial charge in [0.1, 0.15) is 5.75 Å². The van der Waals surface area contributed by atoms with E-state index >= 15 is 0 Å². The highest BCUT2D eigenvalue weighted by Gasteiger charge is 2.32. The number of pyridine rings is 1. The topological polar surface area (TPSA) is 90.6 Å². The van der Waals surface area contributed by atoms with Crippen molar-refractivity contribution in [2.45, 2.75) is 38.9 Å². The van der Waals surface area contributed by atoms with E-state index in [0.717, 1.165) is 0 Å². The fourth-order valence-electron chi connectivity index (χ4n) is 2.54. The minimum Gasteiger partial charge on any atom is -0.479 e. The van der Waals surface area contributed by atoms with Crippen LogP contribution in [0.25, 0.3) is 0 Å². The number of carbonyl (C=O) groups is 1. The number of nitrogens with zero attached hydrogens (tertiary/aromatic N) is 4. The molecule has 2 aromatic heterocycles. The zero-order valence-electron chi connectivity index (χ0n) is 14.6. The molecule has 8 heteroatoms. The second-order valence-electron chi connectivity index (χ2n) is 6.23. The zero-order valence-corrected chi connectivity index (χ0v) is 14.6. The van der Waals surface area contributed by atoms with E-state index in [9.17, 15) is 4.79 Å². The first kappa shape index (κ1) is 17.3. The quantitative estimate of drug-likeness (QED) is 0.817. The lowest BCUT2D eigenvalue weighted by molar-refractivity contribution is -0.146. The van der Waals surface area contributed by atoms with E-state index in [0.29, 0.717) is 37.2 Å². The molecule has 1 aliphatic heterocycles. The minimum absolute atomic E-state index is 0.110. The van der Waals surface area contributed by atoms with Gasteiger partial charge in [0, 0.05) is 18.7 Å². The van der Waals surface area contributed by atoms with Crippen molar-refractivity contribution in [3.8, 4) is 5.75 Å². The van der Waals surface area contributed by atoms with Gasteiger partial charge in [0.05, 0.1) is 19.3 Å². The maximum atomic E-state index is 12.7. The maximum absolute atomic E-state index is 12.7. The molecule has 3 rings (SSSR count). The summed E-state index contributed by atoms with van der Waals surface area (Å²) in [4.78, 5) is 18.3. The van der Waals surface area contributed by atoms with Crippen LogP contribution >= 0.6 is 0 Å². The third kappa shape index (κ3) is 4.14. The molecule has 1 saturated heterocycles. The molecular weight excluding hydrogens is 324 g/mol. The molecule has 2 aromatic rings. The molecule has 0 N–H and O–H groups in total. The summed E-state index contributed by atoms with van der Waals surface area (Å²) in [6.07, 6.45) is 2.21. The summed E-state index contributed by atoms with van der Waals surface area (Å²) in [7, 11) is 0. The largest absolute Gasteiger partial charge is 0.479 e. The highest BCUT2D eigenvalue weighted by atomic mass is 16.5. The maximum Gasteiger partial charge on any atom is 0.263 e. The van der Waals surface area contributed by atoms with Crippen LogP contribution in [0, 0.1) is 0 Å². The van der Waals surface area contributed by atoms with Crippen molar-refractivity contribution in [2.24, 2.45) is 0 Å². The van der Waals surface area contributed by atoms with Crippen LogP contribution in [0.5, 0.6) is 5.75 Å². The molecule has 134 valence electrons. The Bertz CT molecular complexity index is 704. The molecule has 1 aliphatic rings. The third-order valence-electron chi connectivity index (χ3n) is 3.90. The summed E-state index contributed by atoms with van der Waals surface area (Å²) in [6.45, 7) is 6.96. The average Bonchev–Trinajstić information content (AvgIpc) is 3.12. The van der Waals surface area contributed by atoms with Gasteiger partial charge < -0.3 is 18.8 Å². The second-order valence-corrected chi connectivity index (χ2v) is 6.23. The van der Waals surface area contributed by atoms with E-state index < -0.39 is 12.2 Å². The van der Waals surface area contributed by atoms with Gasteiger partial charge in [-0.25, -0.2) is 0 Å². The SMILES string of the molecule is CC(Oc1cccnc1)C(=O)N1CCOC(c2nnc(C(C)C)o2)C1. The van der Waals surface area contributed by atoms with Crippen LogP contribution in [0.15, 0.2) is 28.9 Å². The van der Waals surface area contributed by atoms with Gasteiger partial charge in [-0.3, -0.25) is 9.78 Å². The fourth-order valence-corrected chi connectivity index (χ4v) is 2.54. The summed E-state index contributed by atoms with van der Waals surface area (Å²) in [5.74, 6) is 1.57. The van der Waals surface area contributed by atoms with Gasteiger partial charge in [0.25, 0.3) is 5.91 Å². The number of amides is 1. The van der Waals surface area contributed by atoms with Crippen LogP contribution in [0.1, 0.15) is 44.6 Å². The molecule has 25 heavy (non-hydrogen) atoms. The Kier molecular flexibility index (Phi) is 5.28. The van der Waals surface area contributed by atoms with Gasteiger partial charge in [-0.15, -0.1) is 10.2 Å². The predicted molar refractivity (Wildman–Crippen MR) is 88.0 cm³/mol. The van der Waals surface area contributed by atoms with E-state index in [1.54, 1.807) is 36.4 Å². The van der Waals surface area contributed by atoms with Gasteiger partial charge in [0.15, 0.2) is 12.2 Å². The first-order valence-corrected chi connectivity index (χ1v) is 8.35. The average molecular weight is 346 g/mol. The molecule has 0 spiro atoms. The van der Waals surface area contributed by atoms with Crippen molar-refractivity contribution in [1.29, 1.82) is 0 Å². The number of morpholine rings is 1. The summed E-state index contributed by atoms with van der Waals surface area (Å²) in [5.41, 5.74) is 0. The van der Waals surface area contributed by atoms with Gasteiger partial charge in [-0.2, -0.15) is 0 Å². The lowest BCUT2D eigenvalue weighted by Gasteiger charge is -2.32. The Hall–Kier alpha value is -2.48. The minimum atomic E-state index is -0.614. The Morgan fingerprint density at radius 2 is 2.20 bits per heavy atom. The number of aromatic nitrogens is 3. The van der Waals surface area contributed by atoms with E-state index in [1.807, 2.05) is 13.8 Å². The smallest absolute Gasteiger partial charge is 0.263 e. The van der Waals surface area contributed by atoms with Gasteiger partial charge in [-0.1, -0.05) is 13.8 Å². The lowest BCUT2D eigenvalue weighted by atomic mass is 10.2. The molecule has 3 heterocycles. The van der Waals surface area contributed by atoms with Gasteiger partial charge >= 0.3 is 0 Å². The Morgan fingerprint density at radius 3 is 2.88 bits per heavy atom. The highest BCUT2D eigenvalue weighted by molar-refractivity contribution is 5.81. The Morgan fingerprint density at radius 1 is 1.36 bits per heavy atom. The first-order chi connectivity index (χ1) is 12.0. The molecule has 0 bridgehead atoms.